The fourth-order valence-electron chi connectivity index (χ4n) is 1.34. The zero-order valence-electron chi connectivity index (χ0n) is 10.3. The maximum Gasteiger partial charge on any atom is 0.335 e. The summed E-state index contributed by atoms with van der Waals surface area (Å²) >= 11 is 1.24. The smallest absolute Gasteiger partial charge is 0.335 e. The maximum absolute atomic E-state index is 10.9. The van der Waals surface area contributed by atoms with Gasteiger partial charge in [-0.1, -0.05) is 29.7 Å². The van der Waals surface area contributed by atoms with Crippen molar-refractivity contribution in [2.75, 3.05) is 5.75 Å². The predicted molar refractivity (Wildman–Crippen MR) is 72.8 cm³/mol. The molecule has 94 valence electrons. The SMILES string of the molecule is CC(=O)SCCC#Cc1ccc(C)c(C(=O)O)c1. The molecule has 3 nitrogen and oxygen atoms in total. The highest BCUT2D eigenvalue weighted by atomic mass is 32.2. The monoisotopic (exact) mass is 262 g/mol. The van der Waals surface area contributed by atoms with Crippen LogP contribution in [-0.2, 0) is 4.79 Å². The lowest BCUT2D eigenvalue weighted by molar-refractivity contribution is -0.109. The Balaban J connectivity index is 2.68. The molecular formula is C14H14O3S. The van der Waals surface area contributed by atoms with Crippen LogP contribution in [0.15, 0.2) is 18.2 Å². The van der Waals surface area contributed by atoms with Gasteiger partial charge in [0.1, 0.15) is 0 Å². The number of aromatic carboxylic acids is 1. The average Bonchev–Trinajstić information content (AvgIpc) is 2.30. The van der Waals surface area contributed by atoms with E-state index < -0.39 is 5.97 Å². The number of benzene rings is 1. The van der Waals surface area contributed by atoms with Gasteiger partial charge in [0.25, 0.3) is 0 Å². The molecule has 1 rings (SSSR count). The second kappa shape index (κ2) is 6.87. The van der Waals surface area contributed by atoms with E-state index >= 15 is 0 Å². The number of carbonyl (C=O) groups excluding carboxylic acids is 1. The number of carboxylic acids is 1. The molecule has 0 aliphatic rings. The Hall–Kier alpha value is -1.73. The molecule has 0 aromatic heterocycles. The lowest BCUT2D eigenvalue weighted by Crippen LogP contribution is -1.99. The first kappa shape index (κ1) is 14.3. The van der Waals surface area contributed by atoms with Crippen molar-refractivity contribution in [3.05, 3.63) is 34.9 Å². The molecule has 1 aromatic carbocycles. The molecule has 0 saturated carbocycles. The van der Waals surface area contributed by atoms with E-state index in [0.717, 1.165) is 5.56 Å². The van der Waals surface area contributed by atoms with Crippen LogP contribution in [0.25, 0.3) is 0 Å². The van der Waals surface area contributed by atoms with Crippen molar-refractivity contribution in [1.29, 1.82) is 0 Å². The summed E-state index contributed by atoms with van der Waals surface area (Å²) in [4.78, 5) is 21.6. The topological polar surface area (TPSA) is 54.4 Å². The molecule has 0 heterocycles. The Bertz CT molecular complexity index is 524. The van der Waals surface area contributed by atoms with Crippen molar-refractivity contribution in [2.45, 2.75) is 20.3 Å². The normalized spacial score (nSPS) is 9.44. The number of rotatable bonds is 3. The standard InChI is InChI=1S/C14H14O3S/c1-10-6-7-12(9-13(10)14(16)17)5-3-4-8-18-11(2)15/h6-7,9H,4,8H2,1-2H3,(H,16,17). The molecule has 0 aliphatic carbocycles. The molecule has 0 bridgehead atoms. The van der Waals surface area contributed by atoms with Crippen LogP contribution in [0.2, 0.25) is 0 Å². The van der Waals surface area contributed by atoms with Crippen LogP contribution in [0.3, 0.4) is 0 Å². The molecule has 0 spiro atoms. The first-order valence-electron chi connectivity index (χ1n) is 5.47. The molecule has 1 N–H and O–H groups in total. The minimum atomic E-state index is -0.941. The predicted octanol–water partition coefficient (Wildman–Crippen LogP) is 2.71. The first-order chi connectivity index (χ1) is 8.50. The van der Waals surface area contributed by atoms with Crippen molar-refractivity contribution in [3.8, 4) is 11.8 Å². The molecular weight excluding hydrogens is 248 g/mol. The summed E-state index contributed by atoms with van der Waals surface area (Å²) in [6, 6.07) is 5.12. The Labute approximate surface area is 111 Å². The van der Waals surface area contributed by atoms with E-state index in [-0.39, 0.29) is 10.7 Å². The number of carbonyl (C=O) groups is 2. The molecule has 1 aromatic rings. The zero-order chi connectivity index (χ0) is 13.5. The summed E-state index contributed by atoms with van der Waals surface area (Å²) < 4.78 is 0. The molecule has 0 radical (unpaired) electrons. The summed E-state index contributed by atoms with van der Waals surface area (Å²) in [7, 11) is 0. The number of carboxylic acid groups (broad SMARTS) is 1. The van der Waals surface area contributed by atoms with Crippen LogP contribution in [0.1, 0.15) is 34.8 Å². The Morgan fingerprint density at radius 3 is 2.72 bits per heavy atom. The van der Waals surface area contributed by atoms with Gasteiger partial charge in [0.05, 0.1) is 5.56 Å². The number of thioether (sulfide) groups is 1. The van der Waals surface area contributed by atoms with E-state index in [1.54, 1.807) is 25.1 Å². The molecule has 0 unspecified atom stereocenters. The third-order valence-electron chi connectivity index (χ3n) is 2.23. The second-order valence-electron chi connectivity index (χ2n) is 3.73. The van der Waals surface area contributed by atoms with Gasteiger partial charge < -0.3 is 5.11 Å². The van der Waals surface area contributed by atoms with Gasteiger partial charge >= 0.3 is 5.97 Å². The summed E-state index contributed by atoms with van der Waals surface area (Å²) in [5, 5.41) is 9.06. The van der Waals surface area contributed by atoms with Crippen LogP contribution in [0.4, 0.5) is 0 Å². The lowest BCUT2D eigenvalue weighted by Gasteiger charge is -2.00. The molecule has 18 heavy (non-hydrogen) atoms. The van der Waals surface area contributed by atoms with E-state index in [4.69, 9.17) is 5.11 Å². The van der Waals surface area contributed by atoms with E-state index in [0.29, 0.717) is 17.7 Å². The van der Waals surface area contributed by atoms with Crippen molar-refractivity contribution in [3.63, 3.8) is 0 Å². The summed E-state index contributed by atoms with van der Waals surface area (Å²) in [5.41, 5.74) is 1.69. The van der Waals surface area contributed by atoms with Gasteiger partial charge in [0.2, 0.25) is 0 Å². The van der Waals surface area contributed by atoms with Crippen molar-refractivity contribution < 1.29 is 14.7 Å². The van der Waals surface area contributed by atoms with Crippen molar-refractivity contribution >= 4 is 22.8 Å². The van der Waals surface area contributed by atoms with Gasteiger partial charge in [-0.05, 0) is 24.6 Å². The highest BCUT2D eigenvalue weighted by molar-refractivity contribution is 8.13. The number of hydrogen-bond donors (Lipinski definition) is 1. The van der Waals surface area contributed by atoms with Gasteiger partial charge in [-0.15, -0.1) is 0 Å². The largest absolute Gasteiger partial charge is 0.478 e. The molecule has 0 aliphatic heterocycles. The van der Waals surface area contributed by atoms with Gasteiger partial charge in [-0.25, -0.2) is 4.79 Å². The summed E-state index contributed by atoms with van der Waals surface area (Å²) in [6.07, 6.45) is 0.612. The summed E-state index contributed by atoms with van der Waals surface area (Å²) in [5.74, 6) is 5.55. The van der Waals surface area contributed by atoms with Gasteiger partial charge in [-0.2, -0.15) is 0 Å². The van der Waals surface area contributed by atoms with Gasteiger partial charge in [0.15, 0.2) is 5.12 Å². The van der Waals surface area contributed by atoms with Crippen LogP contribution >= 0.6 is 11.8 Å². The molecule has 0 amide bonds. The van der Waals surface area contributed by atoms with Gasteiger partial charge in [0, 0.05) is 24.7 Å². The third-order valence-corrected chi connectivity index (χ3v) is 3.05. The lowest BCUT2D eigenvalue weighted by atomic mass is 10.1. The van der Waals surface area contributed by atoms with Crippen LogP contribution in [0, 0.1) is 18.8 Å². The van der Waals surface area contributed by atoms with E-state index in [1.807, 2.05) is 0 Å². The van der Waals surface area contributed by atoms with Crippen LogP contribution in [0.5, 0.6) is 0 Å². The minimum absolute atomic E-state index is 0.0836. The number of hydrogen-bond acceptors (Lipinski definition) is 3. The van der Waals surface area contributed by atoms with Gasteiger partial charge in [-0.3, -0.25) is 4.79 Å². The highest BCUT2D eigenvalue weighted by Gasteiger charge is 2.06. The molecule has 4 heteroatoms. The highest BCUT2D eigenvalue weighted by Crippen LogP contribution is 2.10. The van der Waals surface area contributed by atoms with E-state index in [9.17, 15) is 9.59 Å². The van der Waals surface area contributed by atoms with Crippen LogP contribution in [-0.4, -0.2) is 21.9 Å². The molecule has 0 fully saturated rings. The van der Waals surface area contributed by atoms with Crippen molar-refractivity contribution in [2.24, 2.45) is 0 Å². The molecule has 0 saturated heterocycles. The average molecular weight is 262 g/mol. The van der Waals surface area contributed by atoms with Crippen LogP contribution < -0.4 is 0 Å². The molecule has 0 atom stereocenters. The Kier molecular flexibility index (Phi) is 5.47. The third kappa shape index (κ3) is 4.64. The number of aryl methyl sites for hydroxylation is 1. The Morgan fingerprint density at radius 2 is 2.11 bits per heavy atom. The summed E-state index contributed by atoms with van der Waals surface area (Å²) in [6.45, 7) is 3.28. The van der Waals surface area contributed by atoms with E-state index in [2.05, 4.69) is 11.8 Å². The minimum Gasteiger partial charge on any atom is -0.478 e. The first-order valence-corrected chi connectivity index (χ1v) is 6.45. The zero-order valence-corrected chi connectivity index (χ0v) is 11.1. The fraction of sp³-hybridized carbons (Fsp3) is 0.286. The maximum atomic E-state index is 10.9. The van der Waals surface area contributed by atoms with E-state index in [1.165, 1.54) is 18.7 Å². The second-order valence-corrected chi connectivity index (χ2v) is 5.00. The Morgan fingerprint density at radius 1 is 1.39 bits per heavy atom. The quantitative estimate of drug-likeness (QED) is 0.672. The fourth-order valence-corrected chi connectivity index (χ4v) is 1.83. The van der Waals surface area contributed by atoms with Crippen molar-refractivity contribution in [1.82, 2.24) is 0 Å².